The lowest BCUT2D eigenvalue weighted by molar-refractivity contribution is 0.337. The second kappa shape index (κ2) is 6.77. The SMILES string of the molecule is CCOc1ccc(C)cc1C(Br)c1ccc(Br)c(C)c1. The molecule has 0 amide bonds. The molecular formula is C17H18Br2O. The highest BCUT2D eigenvalue weighted by Gasteiger charge is 2.16. The molecule has 3 heteroatoms. The van der Waals surface area contributed by atoms with Crippen molar-refractivity contribution in [3.05, 3.63) is 63.1 Å². The van der Waals surface area contributed by atoms with Gasteiger partial charge in [0, 0.05) is 10.0 Å². The molecule has 1 nitrogen and oxygen atoms in total. The number of rotatable bonds is 4. The Morgan fingerprint density at radius 2 is 1.85 bits per heavy atom. The third-order valence-electron chi connectivity index (χ3n) is 3.21. The summed E-state index contributed by atoms with van der Waals surface area (Å²) < 4.78 is 6.88. The van der Waals surface area contributed by atoms with E-state index in [1.807, 2.05) is 13.0 Å². The first-order chi connectivity index (χ1) is 9.52. The highest BCUT2D eigenvalue weighted by molar-refractivity contribution is 9.10. The van der Waals surface area contributed by atoms with Gasteiger partial charge in [-0.25, -0.2) is 0 Å². The molecule has 0 saturated heterocycles. The topological polar surface area (TPSA) is 9.23 Å². The number of benzene rings is 2. The second-order valence-corrected chi connectivity index (χ2v) is 6.62. The highest BCUT2D eigenvalue weighted by atomic mass is 79.9. The van der Waals surface area contributed by atoms with Crippen LogP contribution >= 0.6 is 31.9 Å². The van der Waals surface area contributed by atoms with Crippen molar-refractivity contribution in [1.82, 2.24) is 0 Å². The van der Waals surface area contributed by atoms with E-state index >= 15 is 0 Å². The van der Waals surface area contributed by atoms with Crippen LogP contribution in [0.1, 0.15) is 34.0 Å². The fraction of sp³-hybridized carbons (Fsp3) is 0.294. The molecule has 20 heavy (non-hydrogen) atoms. The molecule has 0 aliphatic rings. The minimum absolute atomic E-state index is 0.135. The summed E-state index contributed by atoms with van der Waals surface area (Å²) in [7, 11) is 0. The summed E-state index contributed by atoms with van der Waals surface area (Å²) in [5.74, 6) is 0.945. The lowest BCUT2D eigenvalue weighted by Gasteiger charge is -2.17. The van der Waals surface area contributed by atoms with Crippen molar-refractivity contribution in [3.8, 4) is 5.75 Å². The van der Waals surface area contributed by atoms with Gasteiger partial charge in [0.15, 0.2) is 0 Å². The molecule has 106 valence electrons. The smallest absolute Gasteiger partial charge is 0.123 e. The Morgan fingerprint density at radius 3 is 2.50 bits per heavy atom. The molecule has 1 atom stereocenters. The third kappa shape index (κ3) is 3.44. The van der Waals surface area contributed by atoms with Crippen molar-refractivity contribution >= 4 is 31.9 Å². The van der Waals surface area contributed by atoms with Gasteiger partial charge < -0.3 is 4.74 Å². The van der Waals surface area contributed by atoms with Gasteiger partial charge in [-0.05, 0) is 44.0 Å². The summed E-state index contributed by atoms with van der Waals surface area (Å²) in [5, 5.41) is 0. The minimum atomic E-state index is 0.135. The Kier molecular flexibility index (Phi) is 5.28. The van der Waals surface area contributed by atoms with Gasteiger partial charge in [-0.3, -0.25) is 0 Å². The summed E-state index contributed by atoms with van der Waals surface area (Å²) in [6.45, 7) is 6.89. The molecule has 0 aliphatic carbocycles. The summed E-state index contributed by atoms with van der Waals surface area (Å²) in [6, 6.07) is 12.7. The van der Waals surface area contributed by atoms with E-state index in [2.05, 4.69) is 76.0 Å². The summed E-state index contributed by atoms with van der Waals surface area (Å²) in [6.07, 6.45) is 0. The zero-order valence-corrected chi connectivity index (χ0v) is 15.1. The molecule has 0 radical (unpaired) electrons. The lowest BCUT2D eigenvalue weighted by atomic mass is 10.0. The van der Waals surface area contributed by atoms with Gasteiger partial charge in [-0.15, -0.1) is 0 Å². The molecule has 0 N–H and O–H groups in total. The van der Waals surface area contributed by atoms with E-state index in [1.165, 1.54) is 22.3 Å². The Hall–Kier alpha value is -0.800. The number of hydrogen-bond donors (Lipinski definition) is 0. The van der Waals surface area contributed by atoms with Gasteiger partial charge in [0.2, 0.25) is 0 Å². The van der Waals surface area contributed by atoms with Crippen LogP contribution in [0.15, 0.2) is 40.9 Å². The first kappa shape index (κ1) is 15.6. The van der Waals surface area contributed by atoms with Gasteiger partial charge in [0.25, 0.3) is 0 Å². The van der Waals surface area contributed by atoms with E-state index in [0.29, 0.717) is 6.61 Å². The Bertz CT molecular complexity index is 608. The zero-order valence-electron chi connectivity index (χ0n) is 11.9. The van der Waals surface area contributed by atoms with Gasteiger partial charge >= 0.3 is 0 Å². The maximum Gasteiger partial charge on any atom is 0.123 e. The monoisotopic (exact) mass is 396 g/mol. The van der Waals surface area contributed by atoms with E-state index in [0.717, 1.165) is 10.2 Å². The molecule has 0 fully saturated rings. The first-order valence-electron chi connectivity index (χ1n) is 6.66. The van der Waals surface area contributed by atoms with Gasteiger partial charge in [0.05, 0.1) is 11.4 Å². The van der Waals surface area contributed by atoms with Crippen LogP contribution in [-0.2, 0) is 0 Å². The Labute approximate surface area is 137 Å². The predicted octanol–water partition coefficient (Wildman–Crippen LogP) is 5.95. The number of ether oxygens (including phenoxy) is 1. The molecule has 0 spiro atoms. The van der Waals surface area contributed by atoms with Crippen LogP contribution in [0.2, 0.25) is 0 Å². The molecule has 2 aromatic rings. The highest BCUT2D eigenvalue weighted by Crippen LogP contribution is 2.38. The normalized spacial score (nSPS) is 12.2. The number of aryl methyl sites for hydroxylation is 2. The van der Waals surface area contributed by atoms with Crippen LogP contribution in [0.3, 0.4) is 0 Å². The molecule has 0 aromatic heterocycles. The van der Waals surface area contributed by atoms with Gasteiger partial charge in [-0.1, -0.05) is 61.7 Å². The van der Waals surface area contributed by atoms with Crippen LogP contribution in [0.5, 0.6) is 5.75 Å². The molecule has 2 aromatic carbocycles. The van der Waals surface area contributed by atoms with Crippen LogP contribution in [-0.4, -0.2) is 6.61 Å². The van der Waals surface area contributed by atoms with Crippen molar-refractivity contribution in [3.63, 3.8) is 0 Å². The summed E-state index contributed by atoms with van der Waals surface area (Å²) in [4.78, 5) is 0.135. The average Bonchev–Trinajstić information content (AvgIpc) is 2.43. The van der Waals surface area contributed by atoms with Gasteiger partial charge in [-0.2, -0.15) is 0 Å². The summed E-state index contributed by atoms with van der Waals surface area (Å²) in [5.41, 5.74) is 4.88. The lowest BCUT2D eigenvalue weighted by Crippen LogP contribution is -2.01. The number of hydrogen-bond acceptors (Lipinski definition) is 1. The minimum Gasteiger partial charge on any atom is -0.494 e. The first-order valence-corrected chi connectivity index (χ1v) is 8.37. The fourth-order valence-electron chi connectivity index (χ4n) is 2.16. The van der Waals surface area contributed by atoms with Crippen LogP contribution in [0.4, 0.5) is 0 Å². The second-order valence-electron chi connectivity index (χ2n) is 4.85. The van der Waals surface area contributed by atoms with Gasteiger partial charge in [0.1, 0.15) is 5.75 Å². The molecule has 0 heterocycles. The molecule has 0 bridgehead atoms. The van der Waals surface area contributed by atoms with Crippen molar-refractivity contribution in [2.75, 3.05) is 6.61 Å². The number of alkyl halides is 1. The zero-order chi connectivity index (χ0) is 14.7. The van der Waals surface area contributed by atoms with Crippen molar-refractivity contribution < 1.29 is 4.74 Å². The maximum absolute atomic E-state index is 5.75. The fourth-order valence-corrected chi connectivity index (χ4v) is 3.05. The molecule has 0 saturated carbocycles. The molecule has 1 unspecified atom stereocenters. The van der Waals surface area contributed by atoms with E-state index in [1.54, 1.807) is 0 Å². The molecule has 2 rings (SSSR count). The Morgan fingerprint density at radius 1 is 1.10 bits per heavy atom. The van der Waals surface area contributed by atoms with Crippen molar-refractivity contribution in [1.29, 1.82) is 0 Å². The van der Waals surface area contributed by atoms with Crippen LogP contribution < -0.4 is 4.74 Å². The van der Waals surface area contributed by atoms with E-state index in [-0.39, 0.29) is 4.83 Å². The largest absolute Gasteiger partial charge is 0.494 e. The van der Waals surface area contributed by atoms with Crippen LogP contribution in [0.25, 0.3) is 0 Å². The van der Waals surface area contributed by atoms with Crippen LogP contribution in [0, 0.1) is 13.8 Å². The molecular weight excluding hydrogens is 380 g/mol. The average molecular weight is 398 g/mol. The Balaban J connectivity index is 2.43. The van der Waals surface area contributed by atoms with E-state index in [4.69, 9.17) is 4.74 Å². The van der Waals surface area contributed by atoms with E-state index in [9.17, 15) is 0 Å². The standard InChI is InChI=1S/C17H18Br2O/c1-4-20-16-8-5-11(2)9-14(16)17(19)13-6-7-15(18)12(3)10-13/h5-10,17H,4H2,1-3H3. The van der Waals surface area contributed by atoms with Crippen molar-refractivity contribution in [2.45, 2.75) is 25.6 Å². The number of halogens is 2. The van der Waals surface area contributed by atoms with Crippen molar-refractivity contribution in [2.24, 2.45) is 0 Å². The quantitative estimate of drug-likeness (QED) is 0.579. The predicted molar refractivity (Wildman–Crippen MR) is 92.0 cm³/mol. The van der Waals surface area contributed by atoms with E-state index < -0.39 is 0 Å². The molecule has 0 aliphatic heterocycles. The third-order valence-corrected chi connectivity index (χ3v) is 5.12. The summed E-state index contributed by atoms with van der Waals surface area (Å²) >= 11 is 7.36. The maximum atomic E-state index is 5.75.